The standard InChI is InChI=1S/C19H25N5O3/c1-13-20-16(27-23-13)14-9-11-24(12-10-14)17(25)19(2,3)22-18(26)21-15-7-5-4-6-8-15/h4-8,14H,9-12H2,1-3H3,(H2,21,22,26). The van der Waals surface area contributed by atoms with Gasteiger partial charge in [0.2, 0.25) is 11.8 Å². The molecule has 1 saturated heterocycles. The molecule has 0 bridgehead atoms. The van der Waals surface area contributed by atoms with Gasteiger partial charge >= 0.3 is 6.03 Å². The predicted molar refractivity (Wildman–Crippen MR) is 100 cm³/mol. The number of rotatable bonds is 4. The van der Waals surface area contributed by atoms with Gasteiger partial charge in [-0.3, -0.25) is 4.79 Å². The Labute approximate surface area is 158 Å². The van der Waals surface area contributed by atoms with Crippen LogP contribution in [0.5, 0.6) is 0 Å². The molecule has 0 radical (unpaired) electrons. The van der Waals surface area contributed by atoms with Crippen molar-refractivity contribution >= 4 is 17.6 Å². The molecule has 2 heterocycles. The van der Waals surface area contributed by atoms with Crippen molar-refractivity contribution < 1.29 is 14.1 Å². The number of carbonyl (C=O) groups is 2. The first-order chi connectivity index (χ1) is 12.8. The Bertz CT molecular complexity index is 795. The van der Waals surface area contributed by atoms with E-state index in [4.69, 9.17) is 4.52 Å². The number of aromatic nitrogens is 2. The van der Waals surface area contributed by atoms with Crippen LogP contribution < -0.4 is 10.6 Å². The third-order valence-electron chi connectivity index (χ3n) is 4.67. The smallest absolute Gasteiger partial charge is 0.320 e. The summed E-state index contributed by atoms with van der Waals surface area (Å²) in [7, 11) is 0. The molecule has 2 N–H and O–H groups in total. The molecular weight excluding hydrogens is 346 g/mol. The van der Waals surface area contributed by atoms with Gasteiger partial charge < -0.3 is 20.1 Å². The van der Waals surface area contributed by atoms with Crippen molar-refractivity contribution in [3.8, 4) is 0 Å². The van der Waals surface area contributed by atoms with Crippen LogP contribution in [0.1, 0.15) is 44.3 Å². The molecule has 8 nitrogen and oxygen atoms in total. The van der Waals surface area contributed by atoms with Crippen molar-refractivity contribution in [2.24, 2.45) is 0 Å². The lowest BCUT2D eigenvalue weighted by Crippen LogP contribution is -2.58. The molecule has 0 spiro atoms. The topological polar surface area (TPSA) is 100 Å². The molecule has 0 unspecified atom stereocenters. The minimum absolute atomic E-state index is 0.106. The summed E-state index contributed by atoms with van der Waals surface area (Å²) in [6.07, 6.45) is 1.53. The number of carbonyl (C=O) groups excluding carboxylic acids is 2. The summed E-state index contributed by atoms with van der Waals surface area (Å²) in [5.74, 6) is 1.33. The van der Waals surface area contributed by atoms with E-state index in [1.54, 1.807) is 37.8 Å². The lowest BCUT2D eigenvalue weighted by molar-refractivity contribution is -0.137. The first-order valence-corrected chi connectivity index (χ1v) is 9.09. The summed E-state index contributed by atoms with van der Waals surface area (Å²) >= 11 is 0. The van der Waals surface area contributed by atoms with Gasteiger partial charge in [0.25, 0.3) is 0 Å². The van der Waals surface area contributed by atoms with Gasteiger partial charge in [0.05, 0.1) is 0 Å². The van der Waals surface area contributed by atoms with Crippen LogP contribution in [-0.4, -0.2) is 45.6 Å². The molecule has 1 aromatic carbocycles. The number of benzene rings is 1. The van der Waals surface area contributed by atoms with E-state index < -0.39 is 11.6 Å². The second-order valence-corrected chi connectivity index (χ2v) is 7.32. The maximum atomic E-state index is 12.9. The fourth-order valence-corrected chi connectivity index (χ4v) is 3.22. The lowest BCUT2D eigenvalue weighted by atomic mass is 9.94. The molecule has 1 aliphatic heterocycles. The molecule has 1 fully saturated rings. The Kier molecular flexibility index (Phi) is 5.43. The molecule has 2 aromatic rings. The summed E-state index contributed by atoms with van der Waals surface area (Å²) in [4.78, 5) is 31.2. The zero-order valence-corrected chi connectivity index (χ0v) is 15.9. The van der Waals surface area contributed by atoms with Crippen LogP contribution in [-0.2, 0) is 4.79 Å². The number of nitrogens with one attached hydrogen (secondary N) is 2. The van der Waals surface area contributed by atoms with Crippen LogP contribution >= 0.6 is 0 Å². The number of amides is 3. The van der Waals surface area contributed by atoms with E-state index in [1.807, 2.05) is 18.2 Å². The molecule has 0 saturated carbocycles. The predicted octanol–water partition coefficient (Wildman–Crippen LogP) is 2.68. The van der Waals surface area contributed by atoms with Crippen molar-refractivity contribution in [2.75, 3.05) is 18.4 Å². The van der Waals surface area contributed by atoms with Gasteiger partial charge in [-0.2, -0.15) is 4.98 Å². The molecule has 3 amide bonds. The van der Waals surface area contributed by atoms with Crippen molar-refractivity contribution in [2.45, 2.75) is 45.1 Å². The SMILES string of the molecule is Cc1noc(C2CCN(C(=O)C(C)(C)NC(=O)Nc3ccccc3)CC2)n1. The quantitative estimate of drug-likeness (QED) is 0.861. The molecule has 144 valence electrons. The van der Waals surface area contributed by atoms with Gasteiger partial charge in [0, 0.05) is 24.7 Å². The fourth-order valence-electron chi connectivity index (χ4n) is 3.22. The highest BCUT2D eigenvalue weighted by atomic mass is 16.5. The molecule has 1 aliphatic rings. The highest BCUT2D eigenvalue weighted by Crippen LogP contribution is 2.27. The van der Waals surface area contributed by atoms with Crippen LogP contribution in [0.25, 0.3) is 0 Å². The number of urea groups is 1. The van der Waals surface area contributed by atoms with E-state index >= 15 is 0 Å². The van der Waals surface area contributed by atoms with Gasteiger partial charge in [-0.05, 0) is 45.7 Å². The van der Waals surface area contributed by atoms with Crippen LogP contribution in [0.15, 0.2) is 34.9 Å². The monoisotopic (exact) mass is 371 g/mol. The van der Waals surface area contributed by atoms with Crippen molar-refractivity contribution in [3.63, 3.8) is 0 Å². The zero-order valence-electron chi connectivity index (χ0n) is 15.9. The number of hydrogen-bond acceptors (Lipinski definition) is 5. The average Bonchev–Trinajstić information content (AvgIpc) is 3.08. The van der Waals surface area contributed by atoms with Crippen molar-refractivity contribution in [1.29, 1.82) is 0 Å². The highest BCUT2D eigenvalue weighted by Gasteiger charge is 2.36. The number of piperidine rings is 1. The highest BCUT2D eigenvalue weighted by molar-refractivity contribution is 5.95. The van der Waals surface area contributed by atoms with Crippen molar-refractivity contribution in [3.05, 3.63) is 42.0 Å². The lowest BCUT2D eigenvalue weighted by Gasteiger charge is -2.36. The number of hydrogen-bond donors (Lipinski definition) is 2. The normalized spacial score (nSPS) is 15.4. The minimum Gasteiger partial charge on any atom is -0.341 e. The average molecular weight is 371 g/mol. The Morgan fingerprint density at radius 1 is 1.19 bits per heavy atom. The second kappa shape index (κ2) is 7.77. The summed E-state index contributed by atoms with van der Waals surface area (Å²) < 4.78 is 5.25. The number of para-hydroxylation sites is 1. The largest absolute Gasteiger partial charge is 0.341 e. The van der Waals surface area contributed by atoms with Crippen molar-refractivity contribution in [1.82, 2.24) is 20.4 Å². The summed E-state index contributed by atoms with van der Waals surface area (Å²) in [6.45, 7) is 6.41. The molecule has 27 heavy (non-hydrogen) atoms. The Hall–Kier alpha value is -2.90. The molecule has 0 aliphatic carbocycles. The van der Waals surface area contributed by atoms with Gasteiger partial charge in [0.15, 0.2) is 5.82 Å². The summed E-state index contributed by atoms with van der Waals surface area (Å²) in [5, 5.41) is 9.34. The first kappa shape index (κ1) is 18.9. The van der Waals surface area contributed by atoms with Crippen LogP contribution in [0.4, 0.5) is 10.5 Å². The van der Waals surface area contributed by atoms with E-state index in [2.05, 4.69) is 20.8 Å². The van der Waals surface area contributed by atoms with Gasteiger partial charge in [-0.15, -0.1) is 0 Å². The third-order valence-corrected chi connectivity index (χ3v) is 4.67. The van der Waals surface area contributed by atoms with Crippen LogP contribution in [0.3, 0.4) is 0 Å². The number of nitrogens with zero attached hydrogens (tertiary/aromatic N) is 3. The minimum atomic E-state index is -1.01. The van der Waals surface area contributed by atoms with E-state index in [1.165, 1.54) is 0 Å². The van der Waals surface area contributed by atoms with E-state index in [0.29, 0.717) is 30.5 Å². The summed E-state index contributed by atoms with van der Waals surface area (Å²) in [6, 6.07) is 8.71. The zero-order chi connectivity index (χ0) is 19.4. The van der Waals surface area contributed by atoms with E-state index in [9.17, 15) is 9.59 Å². The summed E-state index contributed by atoms with van der Waals surface area (Å²) in [5.41, 5.74) is -0.332. The molecule has 1 aromatic heterocycles. The Morgan fingerprint density at radius 2 is 1.85 bits per heavy atom. The van der Waals surface area contributed by atoms with Gasteiger partial charge in [0.1, 0.15) is 5.54 Å². The number of aryl methyl sites for hydroxylation is 1. The molecule has 8 heteroatoms. The van der Waals surface area contributed by atoms with E-state index in [-0.39, 0.29) is 11.8 Å². The first-order valence-electron chi connectivity index (χ1n) is 9.09. The third kappa shape index (κ3) is 4.64. The van der Waals surface area contributed by atoms with Gasteiger partial charge in [-0.25, -0.2) is 4.79 Å². The Morgan fingerprint density at radius 3 is 2.44 bits per heavy atom. The van der Waals surface area contributed by atoms with E-state index in [0.717, 1.165) is 12.8 Å². The van der Waals surface area contributed by atoms with Gasteiger partial charge in [-0.1, -0.05) is 23.4 Å². The van der Waals surface area contributed by atoms with Crippen LogP contribution in [0, 0.1) is 6.92 Å². The Balaban J connectivity index is 1.54. The maximum absolute atomic E-state index is 12.9. The fraction of sp³-hybridized carbons (Fsp3) is 0.474. The molecular formula is C19H25N5O3. The maximum Gasteiger partial charge on any atom is 0.320 e. The molecule has 3 rings (SSSR count). The number of likely N-dealkylation sites (tertiary alicyclic amines) is 1. The van der Waals surface area contributed by atoms with Crippen LogP contribution in [0.2, 0.25) is 0 Å². The molecule has 0 atom stereocenters. The second-order valence-electron chi connectivity index (χ2n) is 7.32. The number of anilines is 1.